The van der Waals surface area contributed by atoms with Crippen LogP contribution in [0, 0.1) is 5.92 Å². The molecule has 1 aliphatic heterocycles. The molecule has 1 aliphatic carbocycles. The van der Waals surface area contributed by atoms with Gasteiger partial charge in [-0.3, -0.25) is 0 Å². The predicted molar refractivity (Wildman–Crippen MR) is 220 cm³/mol. The molecule has 2 heteroatoms. The standard InChI is InChI=1S/C47H83NO/c1-5-7-9-11-13-15-17-19-21-23-24-26-28-30-32-34-36-38-40-47(43-44-41-45(48(3)4)42-46(44)49-47)39-37-35-33-31-29-27-25-22-20-18-16-14-12-10-8-6-2/h16-19,22-25,29,31,44-46H,5-15,20-21,26-28,30,32-43H2,1-4H3. The van der Waals surface area contributed by atoms with Gasteiger partial charge in [-0.25, -0.2) is 0 Å². The third-order valence-electron chi connectivity index (χ3n) is 11.2. The van der Waals surface area contributed by atoms with Gasteiger partial charge >= 0.3 is 0 Å². The van der Waals surface area contributed by atoms with E-state index in [2.05, 4.69) is 93.6 Å². The lowest BCUT2D eigenvalue weighted by atomic mass is 9.83. The number of fused-ring (bicyclic) bond motifs is 1. The highest BCUT2D eigenvalue weighted by atomic mass is 16.5. The Balaban J connectivity index is 1.56. The second kappa shape index (κ2) is 30.3. The highest BCUT2D eigenvalue weighted by Gasteiger charge is 2.50. The van der Waals surface area contributed by atoms with Gasteiger partial charge < -0.3 is 9.64 Å². The van der Waals surface area contributed by atoms with E-state index in [0.29, 0.717) is 6.10 Å². The van der Waals surface area contributed by atoms with E-state index in [-0.39, 0.29) is 5.60 Å². The fourth-order valence-electron chi connectivity index (χ4n) is 8.10. The third kappa shape index (κ3) is 22.2. The van der Waals surface area contributed by atoms with Crippen LogP contribution in [0.1, 0.15) is 200 Å². The van der Waals surface area contributed by atoms with Crippen molar-refractivity contribution in [3.63, 3.8) is 0 Å². The van der Waals surface area contributed by atoms with E-state index in [0.717, 1.165) is 31.2 Å². The monoisotopic (exact) mass is 678 g/mol. The van der Waals surface area contributed by atoms with Crippen LogP contribution in [0.3, 0.4) is 0 Å². The molecule has 0 radical (unpaired) electrons. The van der Waals surface area contributed by atoms with Crippen molar-refractivity contribution >= 4 is 0 Å². The van der Waals surface area contributed by atoms with Gasteiger partial charge in [0, 0.05) is 6.04 Å². The van der Waals surface area contributed by atoms with Gasteiger partial charge in [-0.15, -0.1) is 0 Å². The summed E-state index contributed by atoms with van der Waals surface area (Å²) in [7, 11) is 4.50. The molecule has 0 N–H and O–H groups in total. The average molecular weight is 678 g/mol. The Morgan fingerprint density at radius 1 is 0.490 bits per heavy atom. The lowest BCUT2D eigenvalue weighted by Crippen LogP contribution is -2.32. The number of allylic oxidation sites excluding steroid dienone is 10. The summed E-state index contributed by atoms with van der Waals surface area (Å²) in [5.41, 5.74) is 0.164. The zero-order valence-electron chi connectivity index (χ0n) is 33.4. The van der Waals surface area contributed by atoms with Crippen LogP contribution >= 0.6 is 0 Å². The highest BCUT2D eigenvalue weighted by molar-refractivity contribution is 5.01. The third-order valence-corrected chi connectivity index (χ3v) is 11.2. The number of hydrogen-bond acceptors (Lipinski definition) is 2. The highest BCUT2D eigenvalue weighted by Crippen LogP contribution is 2.49. The smallest absolute Gasteiger partial charge is 0.0690 e. The van der Waals surface area contributed by atoms with Gasteiger partial charge in [0.1, 0.15) is 0 Å². The molecule has 0 aromatic carbocycles. The Morgan fingerprint density at radius 3 is 1.35 bits per heavy atom. The van der Waals surface area contributed by atoms with Crippen molar-refractivity contribution in [3.05, 3.63) is 60.8 Å². The molecule has 0 spiro atoms. The zero-order valence-corrected chi connectivity index (χ0v) is 33.4. The van der Waals surface area contributed by atoms with Crippen molar-refractivity contribution in [1.82, 2.24) is 4.90 Å². The van der Waals surface area contributed by atoms with Gasteiger partial charge in [0.05, 0.1) is 11.7 Å². The van der Waals surface area contributed by atoms with Crippen LogP contribution in [0.25, 0.3) is 0 Å². The summed E-state index contributed by atoms with van der Waals surface area (Å²) in [5, 5.41) is 0. The summed E-state index contributed by atoms with van der Waals surface area (Å²) >= 11 is 0. The molecule has 1 saturated heterocycles. The molecule has 0 amide bonds. The molecule has 49 heavy (non-hydrogen) atoms. The largest absolute Gasteiger partial charge is 0.371 e. The van der Waals surface area contributed by atoms with Gasteiger partial charge in [0.15, 0.2) is 0 Å². The summed E-state index contributed by atoms with van der Waals surface area (Å²) in [6, 6.07) is 0.718. The molecule has 2 fully saturated rings. The van der Waals surface area contributed by atoms with Crippen molar-refractivity contribution in [3.8, 4) is 0 Å². The molecule has 282 valence electrons. The first-order valence-electron chi connectivity index (χ1n) is 21.7. The van der Waals surface area contributed by atoms with Crippen molar-refractivity contribution < 1.29 is 4.74 Å². The minimum absolute atomic E-state index is 0.164. The van der Waals surface area contributed by atoms with E-state index in [1.165, 1.54) is 167 Å². The molecule has 0 aromatic rings. The quantitative estimate of drug-likeness (QED) is 0.0519. The lowest BCUT2D eigenvalue weighted by Gasteiger charge is -2.32. The normalized spacial score (nSPS) is 22.9. The van der Waals surface area contributed by atoms with E-state index in [1.807, 2.05) is 0 Å². The van der Waals surface area contributed by atoms with Crippen LogP contribution < -0.4 is 0 Å². The molecule has 1 saturated carbocycles. The minimum atomic E-state index is 0.164. The van der Waals surface area contributed by atoms with Crippen LogP contribution in [-0.4, -0.2) is 36.7 Å². The van der Waals surface area contributed by atoms with Crippen LogP contribution in [0.5, 0.6) is 0 Å². The van der Waals surface area contributed by atoms with Gasteiger partial charge in [-0.1, -0.05) is 158 Å². The summed E-state index contributed by atoms with van der Waals surface area (Å²) < 4.78 is 7.04. The Bertz CT molecular complexity index is 880. The number of ether oxygens (including phenoxy) is 1. The van der Waals surface area contributed by atoms with Crippen LogP contribution in [0.4, 0.5) is 0 Å². The van der Waals surface area contributed by atoms with Crippen molar-refractivity contribution in [2.24, 2.45) is 5.92 Å². The first-order valence-corrected chi connectivity index (χ1v) is 21.7. The maximum atomic E-state index is 7.04. The van der Waals surface area contributed by atoms with E-state index in [1.54, 1.807) is 0 Å². The van der Waals surface area contributed by atoms with Gasteiger partial charge in [0.25, 0.3) is 0 Å². The Labute approximate surface area is 307 Å². The molecular formula is C47H83NO. The van der Waals surface area contributed by atoms with Crippen LogP contribution in [0.2, 0.25) is 0 Å². The maximum absolute atomic E-state index is 7.04. The van der Waals surface area contributed by atoms with E-state index in [4.69, 9.17) is 4.74 Å². The first-order chi connectivity index (χ1) is 24.1. The van der Waals surface area contributed by atoms with Crippen molar-refractivity contribution in [2.75, 3.05) is 14.1 Å². The van der Waals surface area contributed by atoms with Gasteiger partial charge in [-0.2, -0.15) is 0 Å². The second-order valence-electron chi connectivity index (χ2n) is 15.9. The summed E-state index contributed by atoms with van der Waals surface area (Å²) in [6.07, 6.45) is 62.0. The minimum Gasteiger partial charge on any atom is -0.371 e. The molecule has 2 rings (SSSR count). The SMILES string of the molecule is CCCCCCC=CCC=CCC=CCCCCC1(CCCCCCCCC=CCC=CCCCCCCC)CC2CC(N(C)C)CC2O1. The van der Waals surface area contributed by atoms with Gasteiger partial charge in [0.2, 0.25) is 0 Å². The lowest BCUT2D eigenvalue weighted by molar-refractivity contribution is -0.0589. The molecule has 2 nitrogen and oxygen atoms in total. The molecule has 2 aliphatic rings. The Kier molecular flexibility index (Phi) is 27.0. The van der Waals surface area contributed by atoms with Crippen LogP contribution in [0.15, 0.2) is 60.8 Å². The fraction of sp³-hybridized carbons (Fsp3) is 0.787. The number of nitrogens with zero attached hydrogens (tertiary/aromatic N) is 1. The van der Waals surface area contributed by atoms with Gasteiger partial charge in [-0.05, 0) is 123 Å². The molecular weight excluding hydrogens is 595 g/mol. The summed E-state index contributed by atoms with van der Waals surface area (Å²) in [6.45, 7) is 4.57. The fourth-order valence-corrected chi connectivity index (χ4v) is 8.10. The number of unbranched alkanes of at least 4 members (excludes halogenated alkanes) is 17. The van der Waals surface area contributed by atoms with Crippen LogP contribution in [-0.2, 0) is 4.74 Å². The first kappa shape index (κ1) is 43.8. The second-order valence-corrected chi connectivity index (χ2v) is 15.9. The van der Waals surface area contributed by atoms with E-state index in [9.17, 15) is 0 Å². The maximum Gasteiger partial charge on any atom is 0.0690 e. The predicted octanol–water partition coefficient (Wildman–Crippen LogP) is 14.8. The molecule has 0 aromatic heterocycles. The molecule has 4 unspecified atom stereocenters. The average Bonchev–Trinajstić information content (AvgIpc) is 3.64. The molecule has 0 bridgehead atoms. The Morgan fingerprint density at radius 2 is 0.878 bits per heavy atom. The zero-order chi connectivity index (χ0) is 35.1. The van der Waals surface area contributed by atoms with Crippen molar-refractivity contribution in [1.29, 1.82) is 0 Å². The van der Waals surface area contributed by atoms with Crippen molar-refractivity contribution in [2.45, 2.75) is 218 Å². The van der Waals surface area contributed by atoms with E-state index >= 15 is 0 Å². The summed E-state index contributed by atoms with van der Waals surface area (Å²) in [5.74, 6) is 0.786. The number of rotatable bonds is 32. The number of hydrogen-bond donors (Lipinski definition) is 0. The summed E-state index contributed by atoms with van der Waals surface area (Å²) in [4.78, 5) is 2.43. The van der Waals surface area contributed by atoms with E-state index < -0.39 is 0 Å². The topological polar surface area (TPSA) is 12.5 Å². The Hall–Kier alpha value is -1.38. The molecule has 1 heterocycles. The molecule has 4 atom stereocenters.